The molecule has 2 N–H and O–H groups in total. The van der Waals surface area contributed by atoms with E-state index in [-0.39, 0.29) is 11.5 Å². The number of carbonyl (C=O) groups excluding carboxylic acids is 1. The van der Waals surface area contributed by atoms with Gasteiger partial charge in [-0.25, -0.2) is 24.8 Å². The van der Waals surface area contributed by atoms with Crippen LogP contribution in [-0.4, -0.2) is 58.7 Å². The number of ether oxygens (including phenoxy) is 2. The average molecular weight is 326 g/mol. The van der Waals surface area contributed by atoms with Crippen LogP contribution in [0.4, 0.5) is 5.82 Å². The Kier molecular flexibility index (Phi) is 4.92. The van der Waals surface area contributed by atoms with Gasteiger partial charge in [-0.3, -0.25) is 0 Å². The monoisotopic (exact) mass is 326 g/mol. The van der Waals surface area contributed by atoms with Gasteiger partial charge in [0.1, 0.15) is 12.2 Å². The Balaban J connectivity index is 2.13. The second kappa shape index (κ2) is 6.53. The molecule has 0 atom stereocenters. The van der Waals surface area contributed by atoms with Gasteiger partial charge in [-0.05, 0) is 24.8 Å². The molecule has 122 valence electrons. The molecule has 22 heavy (non-hydrogen) atoms. The minimum Gasteiger partial charge on any atom is -0.464 e. The zero-order chi connectivity index (χ0) is 16.3. The van der Waals surface area contributed by atoms with E-state index in [0.29, 0.717) is 24.5 Å². The molecule has 0 amide bonds. The summed E-state index contributed by atoms with van der Waals surface area (Å²) >= 11 is 0. The van der Waals surface area contributed by atoms with Gasteiger partial charge in [-0.15, -0.1) is 0 Å². The van der Waals surface area contributed by atoms with E-state index in [9.17, 15) is 4.79 Å². The fraction of sp³-hybridized carbons (Fsp3) is 0.500. The molecule has 8 heteroatoms. The third-order valence-electron chi connectivity index (χ3n) is 3.06. The van der Waals surface area contributed by atoms with Crippen molar-refractivity contribution in [1.82, 2.24) is 14.5 Å². The summed E-state index contributed by atoms with van der Waals surface area (Å²) in [5, 5.41) is 0. The summed E-state index contributed by atoms with van der Waals surface area (Å²) in [6.45, 7) is 1.08. The van der Waals surface area contributed by atoms with Crippen LogP contribution in [0.3, 0.4) is 0 Å². The molecule has 0 spiro atoms. The molecule has 0 aliphatic rings. The zero-order valence-corrected chi connectivity index (χ0v) is 14.1. The summed E-state index contributed by atoms with van der Waals surface area (Å²) in [4.78, 5) is 20.0. The molecular formula is C14H22N4O3S. The lowest BCUT2D eigenvalue weighted by Gasteiger charge is -2.24. The van der Waals surface area contributed by atoms with E-state index in [1.807, 2.05) is 10.8 Å². The van der Waals surface area contributed by atoms with Crippen molar-refractivity contribution in [3.8, 4) is 0 Å². The molecule has 2 aromatic heterocycles. The molecule has 0 unspecified atom stereocenters. The molecular weight excluding hydrogens is 304 g/mol. The van der Waals surface area contributed by atoms with Crippen LogP contribution in [0, 0.1) is 0 Å². The lowest BCUT2D eigenvalue weighted by atomic mass is 10.4. The molecule has 0 radical (unpaired) electrons. The van der Waals surface area contributed by atoms with Gasteiger partial charge in [-0.1, -0.05) is 0 Å². The number of aromatic nitrogens is 3. The molecule has 0 bridgehead atoms. The Labute approximate surface area is 131 Å². The molecule has 7 nitrogen and oxygen atoms in total. The van der Waals surface area contributed by atoms with Gasteiger partial charge in [0, 0.05) is 11.9 Å². The van der Waals surface area contributed by atoms with Crippen LogP contribution in [0.5, 0.6) is 0 Å². The van der Waals surface area contributed by atoms with Gasteiger partial charge >= 0.3 is 5.97 Å². The van der Waals surface area contributed by atoms with E-state index >= 15 is 0 Å². The molecule has 0 aliphatic heterocycles. The Morgan fingerprint density at radius 3 is 2.73 bits per heavy atom. The maximum Gasteiger partial charge on any atom is 0.360 e. The SMILES string of the molecule is COC(=O)c1nc2ccn(COCCS(C)(C)C)c2nc1N. The van der Waals surface area contributed by atoms with Crippen LogP contribution in [0.2, 0.25) is 0 Å². The van der Waals surface area contributed by atoms with Crippen molar-refractivity contribution in [2.45, 2.75) is 6.73 Å². The van der Waals surface area contributed by atoms with E-state index in [2.05, 4.69) is 33.5 Å². The van der Waals surface area contributed by atoms with Crippen LogP contribution in [0.25, 0.3) is 11.2 Å². The smallest absolute Gasteiger partial charge is 0.360 e. The quantitative estimate of drug-likeness (QED) is 0.638. The number of nitrogens with zero attached hydrogens (tertiary/aromatic N) is 3. The van der Waals surface area contributed by atoms with Crippen LogP contribution in [0.1, 0.15) is 10.5 Å². The van der Waals surface area contributed by atoms with E-state index in [0.717, 1.165) is 5.75 Å². The van der Waals surface area contributed by atoms with Gasteiger partial charge in [0.2, 0.25) is 0 Å². The number of anilines is 1. The fourth-order valence-corrected chi connectivity index (χ4v) is 2.45. The van der Waals surface area contributed by atoms with Gasteiger partial charge in [0.05, 0.1) is 13.7 Å². The molecule has 2 heterocycles. The summed E-state index contributed by atoms with van der Waals surface area (Å²) in [5.74, 6) is 0.509. The lowest BCUT2D eigenvalue weighted by Crippen LogP contribution is -2.12. The van der Waals surface area contributed by atoms with E-state index in [1.54, 1.807) is 6.07 Å². The van der Waals surface area contributed by atoms with Crippen LogP contribution in [-0.2, 0) is 16.2 Å². The highest BCUT2D eigenvalue weighted by Gasteiger charge is 2.16. The minimum atomic E-state index is -0.593. The number of hydrogen-bond donors (Lipinski definition) is 1. The Bertz CT molecular complexity index is 679. The van der Waals surface area contributed by atoms with E-state index in [1.165, 1.54) is 7.11 Å². The molecule has 0 saturated carbocycles. The van der Waals surface area contributed by atoms with Crippen molar-refractivity contribution in [2.75, 3.05) is 44.0 Å². The summed E-state index contributed by atoms with van der Waals surface area (Å²) in [6, 6.07) is 1.77. The highest BCUT2D eigenvalue weighted by Crippen LogP contribution is 2.33. The van der Waals surface area contributed by atoms with Crippen LogP contribution >= 0.6 is 10.0 Å². The van der Waals surface area contributed by atoms with Gasteiger partial charge in [0.15, 0.2) is 17.2 Å². The Hall–Kier alpha value is -1.80. The summed E-state index contributed by atoms with van der Waals surface area (Å²) in [7, 11) is 0.716. The summed E-state index contributed by atoms with van der Waals surface area (Å²) < 4.78 is 12.1. The number of esters is 1. The minimum absolute atomic E-state index is 0.0324. The zero-order valence-electron chi connectivity index (χ0n) is 13.3. The Morgan fingerprint density at radius 1 is 1.36 bits per heavy atom. The lowest BCUT2D eigenvalue weighted by molar-refractivity contribution is 0.0595. The predicted molar refractivity (Wildman–Crippen MR) is 89.5 cm³/mol. The number of rotatable bonds is 6. The van der Waals surface area contributed by atoms with Crippen molar-refractivity contribution < 1.29 is 14.3 Å². The standard InChI is InChI=1S/C14H22N4O3S/c1-20-14(19)11-12(15)17-13-10(16-11)5-6-18(13)9-21-7-8-22(2,3)4/h5-6H,7-9H2,1-4H3,(H2,15,17). The molecule has 0 fully saturated rings. The molecule has 2 aromatic rings. The average Bonchev–Trinajstić information content (AvgIpc) is 2.83. The highest BCUT2D eigenvalue weighted by molar-refractivity contribution is 8.32. The Morgan fingerprint density at radius 2 is 2.09 bits per heavy atom. The molecule has 0 aromatic carbocycles. The van der Waals surface area contributed by atoms with Crippen LogP contribution in [0.15, 0.2) is 12.3 Å². The molecule has 2 rings (SSSR count). The predicted octanol–water partition coefficient (Wildman–Crippen LogP) is 1.47. The van der Waals surface area contributed by atoms with Crippen molar-refractivity contribution >= 4 is 33.0 Å². The number of nitrogen functional groups attached to an aromatic ring is 1. The van der Waals surface area contributed by atoms with Gasteiger partial charge < -0.3 is 19.8 Å². The first-order valence-electron chi connectivity index (χ1n) is 6.76. The maximum atomic E-state index is 11.6. The molecule has 0 saturated heterocycles. The van der Waals surface area contributed by atoms with Crippen molar-refractivity contribution in [2.24, 2.45) is 0 Å². The third-order valence-corrected chi connectivity index (χ3v) is 4.46. The van der Waals surface area contributed by atoms with E-state index < -0.39 is 16.0 Å². The number of fused-ring (bicyclic) bond motifs is 1. The number of methoxy groups -OCH3 is 1. The normalized spacial score (nSPS) is 12.5. The fourth-order valence-electron chi connectivity index (χ4n) is 1.83. The summed E-state index contributed by atoms with van der Waals surface area (Å²) in [5.41, 5.74) is 6.98. The van der Waals surface area contributed by atoms with Crippen molar-refractivity contribution in [3.63, 3.8) is 0 Å². The number of carbonyl (C=O) groups is 1. The maximum absolute atomic E-state index is 11.6. The van der Waals surface area contributed by atoms with Crippen molar-refractivity contribution in [1.29, 1.82) is 0 Å². The van der Waals surface area contributed by atoms with Gasteiger partial charge in [0.25, 0.3) is 0 Å². The first-order valence-corrected chi connectivity index (χ1v) is 9.79. The van der Waals surface area contributed by atoms with Gasteiger partial charge in [-0.2, -0.15) is 0 Å². The first-order chi connectivity index (χ1) is 10.3. The topological polar surface area (TPSA) is 92.3 Å². The third kappa shape index (κ3) is 3.89. The number of nitrogens with two attached hydrogens (primary N) is 1. The van der Waals surface area contributed by atoms with Crippen LogP contribution < -0.4 is 5.73 Å². The number of hydrogen-bond acceptors (Lipinski definition) is 6. The second-order valence-corrected chi connectivity index (χ2v) is 10.4. The highest BCUT2D eigenvalue weighted by atomic mass is 32.3. The largest absolute Gasteiger partial charge is 0.464 e. The second-order valence-electron chi connectivity index (χ2n) is 5.78. The van der Waals surface area contributed by atoms with E-state index in [4.69, 9.17) is 10.5 Å². The molecule has 0 aliphatic carbocycles. The first kappa shape index (κ1) is 16.6. The summed E-state index contributed by atoms with van der Waals surface area (Å²) in [6.07, 6.45) is 8.57. The van der Waals surface area contributed by atoms with Crippen molar-refractivity contribution in [3.05, 3.63) is 18.0 Å².